The zero-order valence-electron chi connectivity index (χ0n) is 15.7. The standard InChI is InChI=1S/C21H14F3N3O4/c22-12-3-10(4-13(23)20(12)24)8-27-14-2-1-11(5-17(30)31)21(26-9-28)19(14)18-15(27)6-25-7-16(18)29/h1-4,6-7,9,29H,5,8H2,(H,26,28)(H,30,31). The van der Waals surface area contributed by atoms with Gasteiger partial charge in [-0.3, -0.25) is 14.6 Å². The van der Waals surface area contributed by atoms with Gasteiger partial charge in [0.1, 0.15) is 5.75 Å². The fourth-order valence-electron chi connectivity index (χ4n) is 3.73. The average Bonchev–Trinajstić information content (AvgIpc) is 3.02. The Hall–Kier alpha value is -4.08. The molecule has 0 spiro atoms. The van der Waals surface area contributed by atoms with Crippen LogP contribution < -0.4 is 5.32 Å². The molecule has 0 atom stereocenters. The molecule has 2 aromatic carbocycles. The van der Waals surface area contributed by atoms with Crippen molar-refractivity contribution in [2.24, 2.45) is 0 Å². The molecule has 0 fully saturated rings. The minimum Gasteiger partial charge on any atom is -0.506 e. The van der Waals surface area contributed by atoms with Gasteiger partial charge in [-0.15, -0.1) is 0 Å². The third-order valence-electron chi connectivity index (χ3n) is 4.94. The van der Waals surface area contributed by atoms with Crippen LogP contribution in [-0.4, -0.2) is 32.1 Å². The summed E-state index contributed by atoms with van der Waals surface area (Å²) in [6.07, 6.45) is 2.58. The molecule has 0 saturated carbocycles. The van der Waals surface area contributed by atoms with E-state index in [0.29, 0.717) is 28.4 Å². The highest BCUT2D eigenvalue weighted by Crippen LogP contribution is 2.40. The number of carboxylic acids is 1. The highest BCUT2D eigenvalue weighted by molar-refractivity contribution is 6.18. The summed E-state index contributed by atoms with van der Waals surface area (Å²) in [4.78, 5) is 26.4. The van der Waals surface area contributed by atoms with Crippen molar-refractivity contribution in [1.82, 2.24) is 9.55 Å². The van der Waals surface area contributed by atoms with E-state index in [1.165, 1.54) is 18.5 Å². The van der Waals surface area contributed by atoms with E-state index >= 15 is 0 Å². The van der Waals surface area contributed by atoms with Crippen LogP contribution in [0.2, 0.25) is 0 Å². The maximum absolute atomic E-state index is 13.7. The summed E-state index contributed by atoms with van der Waals surface area (Å²) in [5.41, 5.74) is 1.37. The molecule has 0 radical (unpaired) electrons. The fourth-order valence-corrected chi connectivity index (χ4v) is 3.73. The molecule has 7 nitrogen and oxygen atoms in total. The summed E-state index contributed by atoms with van der Waals surface area (Å²) in [6.45, 7) is -0.113. The molecule has 2 heterocycles. The summed E-state index contributed by atoms with van der Waals surface area (Å²) in [5.74, 6) is -5.63. The number of aromatic hydroxyl groups is 1. The minimum atomic E-state index is -1.58. The topological polar surface area (TPSA) is 104 Å². The number of aromatic nitrogens is 2. The molecule has 3 N–H and O–H groups in total. The molecule has 0 bridgehead atoms. The van der Waals surface area contributed by atoms with Crippen molar-refractivity contribution < 1.29 is 33.0 Å². The number of carbonyl (C=O) groups is 2. The van der Waals surface area contributed by atoms with E-state index in [0.717, 1.165) is 12.1 Å². The molecule has 4 aromatic rings. The number of hydrogen-bond acceptors (Lipinski definition) is 4. The monoisotopic (exact) mass is 429 g/mol. The average molecular weight is 429 g/mol. The molecule has 0 unspecified atom stereocenters. The third kappa shape index (κ3) is 3.41. The number of anilines is 1. The van der Waals surface area contributed by atoms with E-state index in [9.17, 15) is 33.0 Å². The molecule has 31 heavy (non-hydrogen) atoms. The Bertz CT molecular complexity index is 1340. The molecule has 0 aliphatic rings. The lowest BCUT2D eigenvalue weighted by Crippen LogP contribution is -2.06. The number of amides is 1. The first-order chi connectivity index (χ1) is 14.8. The highest BCUT2D eigenvalue weighted by atomic mass is 19.2. The maximum Gasteiger partial charge on any atom is 0.307 e. The number of benzene rings is 2. The van der Waals surface area contributed by atoms with Gasteiger partial charge in [-0.1, -0.05) is 6.07 Å². The number of nitrogens with one attached hydrogen (secondary N) is 1. The normalized spacial score (nSPS) is 11.2. The van der Waals surface area contributed by atoms with Gasteiger partial charge in [0.25, 0.3) is 0 Å². The molecular formula is C21H14F3N3O4. The molecule has 2 aromatic heterocycles. The Morgan fingerprint density at radius 1 is 1.10 bits per heavy atom. The molecule has 158 valence electrons. The van der Waals surface area contributed by atoms with Crippen molar-refractivity contribution in [3.05, 3.63) is 65.2 Å². The lowest BCUT2D eigenvalue weighted by Gasteiger charge is -2.11. The molecule has 0 aliphatic heterocycles. The van der Waals surface area contributed by atoms with Crippen molar-refractivity contribution >= 4 is 39.9 Å². The van der Waals surface area contributed by atoms with Crippen LogP contribution in [0.1, 0.15) is 11.1 Å². The van der Waals surface area contributed by atoms with Crippen molar-refractivity contribution in [2.75, 3.05) is 5.32 Å². The van der Waals surface area contributed by atoms with Gasteiger partial charge in [0.2, 0.25) is 6.41 Å². The largest absolute Gasteiger partial charge is 0.506 e. The molecule has 0 aliphatic carbocycles. The summed E-state index contributed by atoms with van der Waals surface area (Å²) in [7, 11) is 0. The number of carbonyl (C=O) groups excluding carboxylic acids is 1. The fraction of sp³-hybridized carbons (Fsp3) is 0.0952. The Labute approximate surface area is 172 Å². The van der Waals surface area contributed by atoms with E-state index < -0.39 is 23.4 Å². The van der Waals surface area contributed by atoms with Crippen LogP contribution in [0.15, 0.2) is 36.7 Å². The van der Waals surface area contributed by atoms with Gasteiger partial charge in [-0.05, 0) is 29.3 Å². The Morgan fingerprint density at radius 2 is 1.81 bits per heavy atom. The first-order valence-electron chi connectivity index (χ1n) is 8.98. The summed E-state index contributed by atoms with van der Waals surface area (Å²) >= 11 is 0. The maximum atomic E-state index is 13.7. The lowest BCUT2D eigenvalue weighted by molar-refractivity contribution is -0.136. The number of halogens is 3. The van der Waals surface area contributed by atoms with Gasteiger partial charge in [0.15, 0.2) is 17.5 Å². The highest BCUT2D eigenvalue weighted by Gasteiger charge is 2.21. The van der Waals surface area contributed by atoms with Crippen LogP contribution in [0.25, 0.3) is 21.8 Å². The van der Waals surface area contributed by atoms with Crippen LogP contribution in [0.4, 0.5) is 18.9 Å². The summed E-state index contributed by atoms with van der Waals surface area (Å²) in [6, 6.07) is 4.78. The number of rotatable bonds is 6. The van der Waals surface area contributed by atoms with Crippen molar-refractivity contribution in [1.29, 1.82) is 0 Å². The zero-order valence-corrected chi connectivity index (χ0v) is 15.7. The molecule has 4 rings (SSSR count). The van der Waals surface area contributed by atoms with Gasteiger partial charge in [-0.25, -0.2) is 13.2 Å². The van der Waals surface area contributed by atoms with Crippen molar-refractivity contribution in [2.45, 2.75) is 13.0 Å². The van der Waals surface area contributed by atoms with E-state index in [2.05, 4.69) is 10.3 Å². The summed E-state index contributed by atoms with van der Waals surface area (Å²) < 4.78 is 42.4. The number of hydrogen-bond donors (Lipinski definition) is 3. The second-order valence-electron chi connectivity index (χ2n) is 6.84. The number of aliphatic carboxylic acids is 1. The summed E-state index contributed by atoms with van der Waals surface area (Å²) in [5, 5.41) is 22.7. The number of carboxylic acid groups (broad SMARTS) is 1. The second kappa shape index (κ2) is 7.63. The van der Waals surface area contributed by atoms with Crippen LogP contribution >= 0.6 is 0 Å². The van der Waals surface area contributed by atoms with Gasteiger partial charge in [0, 0.05) is 11.9 Å². The van der Waals surface area contributed by atoms with E-state index in [-0.39, 0.29) is 35.4 Å². The number of nitrogens with zero attached hydrogens (tertiary/aromatic N) is 2. The van der Waals surface area contributed by atoms with Gasteiger partial charge in [-0.2, -0.15) is 0 Å². The number of pyridine rings is 1. The molecular weight excluding hydrogens is 415 g/mol. The third-order valence-corrected chi connectivity index (χ3v) is 4.94. The van der Waals surface area contributed by atoms with Crippen LogP contribution in [-0.2, 0) is 22.6 Å². The van der Waals surface area contributed by atoms with Gasteiger partial charge >= 0.3 is 5.97 Å². The van der Waals surface area contributed by atoms with Crippen LogP contribution in [0.3, 0.4) is 0 Å². The van der Waals surface area contributed by atoms with Crippen LogP contribution in [0.5, 0.6) is 5.75 Å². The minimum absolute atomic E-state index is 0.109. The van der Waals surface area contributed by atoms with Gasteiger partial charge < -0.3 is 20.1 Å². The Morgan fingerprint density at radius 3 is 2.45 bits per heavy atom. The van der Waals surface area contributed by atoms with E-state index in [4.69, 9.17) is 0 Å². The molecule has 0 saturated heterocycles. The predicted molar refractivity (Wildman–Crippen MR) is 105 cm³/mol. The molecule has 1 amide bonds. The second-order valence-corrected chi connectivity index (χ2v) is 6.84. The van der Waals surface area contributed by atoms with Crippen molar-refractivity contribution in [3.8, 4) is 5.75 Å². The smallest absolute Gasteiger partial charge is 0.307 e. The SMILES string of the molecule is O=CNc1c(CC(=O)O)ccc2c1c1c(O)cncc1n2Cc1cc(F)c(F)c(F)c1. The van der Waals surface area contributed by atoms with Gasteiger partial charge in [0.05, 0.1) is 40.9 Å². The zero-order chi connectivity index (χ0) is 22.3. The van der Waals surface area contributed by atoms with Crippen molar-refractivity contribution in [3.63, 3.8) is 0 Å². The Kier molecular flexibility index (Phi) is 4.97. The van der Waals surface area contributed by atoms with E-state index in [1.54, 1.807) is 10.6 Å². The first kappa shape index (κ1) is 20.2. The van der Waals surface area contributed by atoms with Crippen LogP contribution in [0, 0.1) is 17.5 Å². The quantitative estimate of drug-likeness (QED) is 0.321. The molecule has 10 heteroatoms. The first-order valence-corrected chi connectivity index (χ1v) is 8.98. The predicted octanol–water partition coefficient (Wildman–Crippen LogP) is 3.56. The lowest BCUT2D eigenvalue weighted by atomic mass is 10.0. The number of fused-ring (bicyclic) bond motifs is 3. The van der Waals surface area contributed by atoms with E-state index in [1.807, 2.05) is 0 Å². The Balaban J connectivity index is 2.04.